The first kappa shape index (κ1) is 18.0. The minimum absolute atomic E-state index is 0. The number of rotatable bonds is 5. The molecule has 118 valence electrons. The zero-order valence-electron chi connectivity index (χ0n) is 13.1. The Labute approximate surface area is 134 Å². The molecule has 1 saturated heterocycles. The molecule has 3 nitrogen and oxygen atoms in total. The molecule has 0 spiro atoms. The lowest BCUT2D eigenvalue weighted by Crippen LogP contribution is -2.42. The summed E-state index contributed by atoms with van der Waals surface area (Å²) in [5.41, 5.74) is 2.58. The van der Waals surface area contributed by atoms with Crippen molar-refractivity contribution >= 4 is 18.3 Å². The number of aryl methyl sites for hydroxylation is 2. The number of hydrogen-bond donors (Lipinski definition) is 1. The maximum Gasteiger partial charge on any atom is 0.222 e. The van der Waals surface area contributed by atoms with Crippen LogP contribution in [-0.4, -0.2) is 37.5 Å². The summed E-state index contributed by atoms with van der Waals surface area (Å²) in [6.45, 7) is 4.99. The van der Waals surface area contributed by atoms with Crippen molar-refractivity contribution in [3.8, 4) is 0 Å². The maximum atomic E-state index is 12.3. The molecule has 21 heavy (non-hydrogen) atoms. The number of likely N-dealkylation sites (tertiary alicyclic amines) is 1. The zero-order chi connectivity index (χ0) is 14.4. The van der Waals surface area contributed by atoms with Crippen LogP contribution in [0.15, 0.2) is 24.3 Å². The van der Waals surface area contributed by atoms with Crippen LogP contribution in [0.3, 0.4) is 0 Å². The Hall–Kier alpha value is -1.06. The number of nitrogens with one attached hydrogen (secondary N) is 1. The third kappa shape index (κ3) is 5.33. The van der Waals surface area contributed by atoms with E-state index in [-0.39, 0.29) is 12.4 Å². The van der Waals surface area contributed by atoms with Crippen molar-refractivity contribution in [2.45, 2.75) is 32.6 Å². The monoisotopic (exact) mass is 310 g/mol. The molecule has 1 amide bonds. The van der Waals surface area contributed by atoms with Gasteiger partial charge in [-0.1, -0.05) is 24.3 Å². The number of halogens is 1. The normalized spacial score (nSPS) is 18.2. The van der Waals surface area contributed by atoms with Crippen molar-refractivity contribution in [1.29, 1.82) is 0 Å². The Morgan fingerprint density at radius 2 is 2.14 bits per heavy atom. The molecule has 1 aliphatic rings. The van der Waals surface area contributed by atoms with Gasteiger partial charge in [0.2, 0.25) is 5.91 Å². The van der Waals surface area contributed by atoms with Crippen molar-refractivity contribution in [2.75, 3.05) is 26.7 Å². The molecular formula is C17H27ClN2O. The highest BCUT2D eigenvalue weighted by Crippen LogP contribution is 2.17. The quantitative estimate of drug-likeness (QED) is 0.907. The average molecular weight is 311 g/mol. The third-order valence-electron chi connectivity index (χ3n) is 4.23. The fourth-order valence-corrected chi connectivity index (χ4v) is 3.04. The Morgan fingerprint density at radius 1 is 1.38 bits per heavy atom. The lowest BCUT2D eigenvalue weighted by atomic mass is 9.97. The van der Waals surface area contributed by atoms with Crippen molar-refractivity contribution in [3.63, 3.8) is 0 Å². The highest BCUT2D eigenvalue weighted by atomic mass is 35.5. The Morgan fingerprint density at radius 3 is 2.86 bits per heavy atom. The Kier molecular flexibility index (Phi) is 7.76. The molecule has 2 rings (SSSR count). The van der Waals surface area contributed by atoms with E-state index in [0.717, 1.165) is 32.5 Å². The van der Waals surface area contributed by atoms with Gasteiger partial charge in [0.25, 0.3) is 0 Å². The molecule has 1 atom stereocenters. The molecule has 0 aromatic heterocycles. The minimum atomic E-state index is 0. The minimum Gasteiger partial charge on any atom is -0.342 e. The van der Waals surface area contributed by atoms with E-state index in [4.69, 9.17) is 0 Å². The second-order valence-electron chi connectivity index (χ2n) is 5.83. The third-order valence-corrected chi connectivity index (χ3v) is 4.23. The van der Waals surface area contributed by atoms with Crippen LogP contribution in [0.4, 0.5) is 0 Å². The number of carbonyl (C=O) groups excluding carboxylic acids is 1. The van der Waals surface area contributed by atoms with E-state index in [0.29, 0.717) is 18.2 Å². The van der Waals surface area contributed by atoms with Crippen LogP contribution in [0.1, 0.15) is 30.4 Å². The second kappa shape index (κ2) is 9.06. The van der Waals surface area contributed by atoms with E-state index in [2.05, 4.69) is 35.3 Å². The summed E-state index contributed by atoms with van der Waals surface area (Å²) >= 11 is 0. The molecule has 1 heterocycles. The smallest absolute Gasteiger partial charge is 0.222 e. The fraction of sp³-hybridized carbons (Fsp3) is 0.588. The molecule has 0 aliphatic carbocycles. The average Bonchev–Trinajstić information content (AvgIpc) is 2.47. The largest absolute Gasteiger partial charge is 0.342 e. The molecule has 1 aromatic rings. The van der Waals surface area contributed by atoms with Gasteiger partial charge in [-0.05, 0) is 56.8 Å². The van der Waals surface area contributed by atoms with E-state index >= 15 is 0 Å². The lowest BCUT2D eigenvalue weighted by molar-refractivity contribution is -0.132. The van der Waals surface area contributed by atoms with Crippen LogP contribution in [0.25, 0.3) is 0 Å². The van der Waals surface area contributed by atoms with Gasteiger partial charge < -0.3 is 10.2 Å². The van der Waals surface area contributed by atoms with Gasteiger partial charge in [-0.2, -0.15) is 0 Å². The van der Waals surface area contributed by atoms with Gasteiger partial charge in [0.15, 0.2) is 0 Å². The number of amides is 1. The Balaban J connectivity index is 0.00000220. The first-order valence-corrected chi connectivity index (χ1v) is 7.67. The molecule has 0 bridgehead atoms. The molecular weight excluding hydrogens is 284 g/mol. The van der Waals surface area contributed by atoms with Gasteiger partial charge in [0, 0.05) is 19.5 Å². The van der Waals surface area contributed by atoms with Crippen LogP contribution in [0.2, 0.25) is 0 Å². The van der Waals surface area contributed by atoms with Crippen molar-refractivity contribution in [3.05, 3.63) is 35.4 Å². The molecule has 4 heteroatoms. The van der Waals surface area contributed by atoms with Crippen molar-refractivity contribution in [1.82, 2.24) is 10.2 Å². The second-order valence-corrected chi connectivity index (χ2v) is 5.83. The van der Waals surface area contributed by atoms with Gasteiger partial charge in [0.1, 0.15) is 0 Å². The van der Waals surface area contributed by atoms with Crippen molar-refractivity contribution in [2.24, 2.45) is 5.92 Å². The van der Waals surface area contributed by atoms with Crippen LogP contribution in [0, 0.1) is 12.8 Å². The lowest BCUT2D eigenvalue weighted by Gasteiger charge is -2.32. The molecule has 0 radical (unpaired) electrons. The van der Waals surface area contributed by atoms with Crippen LogP contribution in [-0.2, 0) is 11.2 Å². The highest BCUT2D eigenvalue weighted by Gasteiger charge is 2.22. The molecule has 1 unspecified atom stereocenters. The van der Waals surface area contributed by atoms with Gasteiger partial charge >= 0.3 is 0 Å². The van der Waals surface area contributed by atoms with Gasteiger partial charge in [-0.25, -0.2) is 0 Å². The molecule has 1 aliphatic heterocycles. The van der Waals surface area contributed by atoms with Crippen LogP contribution in [0.5, 0.6) is 0 Å². The number of benzene rings is 1. The van der Waals surface area contributed by atoms with Gasteiger partial charge in [-0.15, -0.1) is 12.4 Å². The van der Waals surface area contributed by atoms with Crippen LogP contribution < -0.4 is 5.32 Å². The summed E-state index contributed by atoms with van der Waals surface area (Å²) in [5, 5.41) is 3.22. The van der Waals surface area contributed by atoms with Gasteiger partial charge in [0.05, 0.1) is 0 Å². The number of piperidine rings is 1. The zero-order valence-corrected chi connectivity index (χ0v) is 13.9. The summed E-state index contributed by atoms with van der Waals surface area (Å²) in [4.78, 5) is 14.4. The van der Waals surface area contributed by atoms with E-state index in [1.807, 2.05) is 13.1 Å². The van der Waals surface area contributed by atoms with E-state index < -0.39 is 0 Å². The molecule has 0 saturated carbocycles. The maximum absolute atomic E-state index is 12.3. The summed E-state index contributed by atoms with van der Waals surface area (Å²) in [7, 11) is 1.99. The van der Waals surface area contributed by atoms with Gasteiger partial charge in [-0.3, -0.25) is 4.79 Å². The summed E-state index contributed by atoms with van der Waals surface area (Å²) < 4.78 is 0. The first-order valence-electron chi connectivity index (χ1n) is 7.67. The fourth-order valence-electron chi connectivity index (χ4n) is 3.04. The number of carbonyl (C=O) groups is 1. The first-order chi connectivity index (χ1) is 9.70. The topological polar surface area (TPSA) is 32.3 Å². The summed E-state index contributed by atoms with van der Waals surface area (Å²) in [6, 6.07) is 8.34. The van der Waals surface area contributed by atoms with Crippen LogP contribution >= 0.6 is 12.4 Å². The SMILES string of the molecule is CNCC1CCCN(C(=O)CCc2ccccc2C)C1.Cl. The van der Waals surface area contributed by atoms with E-state index in [1.54, 1.807) is 0 Å². The molecule has 1 aromatic carbocycles. The Bertz CT molecular complexity index is 448. The standard InChI is InChI=1S/C17H26N2O.ClH/c1-14-6-3-4-8-16(14)9-10-17(20)19-11-5-7-15(13-19)12-18-2;/h3-4,6,8,15,18H,5,7,9-13H2,1-2H3;1H. The predicted molar refractivity (Wildman–Crippen MR) is 90.0 cm³/mol. The molecule has 1 N–H and O–H groups in total. The van der Waals surface area contributed by atoms with E-state index in [1.165, 1.54) is 17.5 Å². The number of hydrogen-bond acceptors (Lipinski definition) is 2. The summed E-state index contributed by atoms with van der Waals surface area (Å²) in [5.74, 6) is 0.935. The summed E-state index contributed by atoms with van der Waals surface area (Å²) in [6.07, 6.45) is 3.88. The predicted octanol–water partition coefficient (Wildman–Crippen LogP) is 2.81. The molecule has 1 fully saturated rings. The highest BCUT2D eigenvalue weighted by molar-refractivity contribution is 5.85. The van der Waals surface area contributed by atoms with Crippen molar-refractivity contribution < 1.29 is 4.79 Å². The number of nitrogens with zero attached hydrogens (tertiary/aromatic N) is 1. The van der Waals surface area contributed by atoms with E-state index in [9.17, 15) is 4.79 Å².